The third kappa shape index (κ3) is 4.76. The minimum atomic E-state index is -3.85. The lowest BCUT2D eigenvalue weighted by Crippen LogP contribution is -2.48. The van der Waals surface area contributed by atoms with E-state index in [1.165, 1.54) is 23.1 Å². The monoisotopic (exact) mass is 398 g/mol. The molecule has 7 nitrogen and oxygen atoms in total. The van der Waals surface area contributed by atoms with Gasteiger partial charge >= 0.3 is 11.9 Å². The summed E-state index contributed by atoms with van der Waals surface area (Å²) in [6, 6.07) is 5.40. The number of piperidine rings is 1. The highest BCUT2D eigenvalue weighted by Gasteiger charge is 2.45. The van der Waals surface area contributed by atoms with Gasteiger partial charge in [-0.05, 0) is 31.9 Å². The van der Waals surface area contributed by atoms with Crippen LogP contribution < -0.4 is 4.74 Å². The molecule has 0 spiro atoms. The first-order valence-electron chi connectivity index (χ1n) is 9.04. The number of carboxylic acids is 1. The highest BCUT2D eigenvalue weighted by Crippen LogP contribution is 2.36. The molecular formula is C19H24F2N2O5. The van der Waals surface area contributed by atoms with E-state index < -0.39 is 41.7 Å². The van der Waals surface area contributed by atoms with Crippen LogP contribution in [0.3, 0.4) is 0 Å². The number of ether oxygens (including phenoxy) is 1. The van der Waals surface area contributed by atoms with Crippen molar-refractivity contribution in [1.82, 2.24) is 9.80 Å². The molecular weight excluding hydrogens is 374 g/mol. The number of carboxylic acid groups (broad SMARTS) is 1. The molecule has 2 rings (SSSR count). The molecule has 9 heteroatoms. The van der Waals surface area contributed by atoms with Gasteiger partial charge in [-0.25, -0.2) is 0 Å². The number of carbonyl (C=O) groups excluding carboxylic acids is 2. The summed E-state index contributed by atoms with van der Waals surface area (Å²) in [6.45, 7) is 1.75. The van der Waals surface area contributed by atoms with Gasteiger partial charge in [0.1, 0.15) is 5.75 Å². The first-order chi connectivity index (χ1) is 13.2. The van der Waals surface area contributed by atoms with Gasteiger partial charge in [-0.2, -0.15) is 8.78 Å². The number of carbonyl (C=O) groups is 3. The molecule has 2 amide bonds. The Morgan fingerprint density at radius 3 is 2.43 bits per heavy atom. The average molecular weight is 398 g/mol. The summed E-state index contributed by atoms with van der Waals surface area (Å²) in [5.41, 5.74) is -0.552. The van der Waals surface area contributed by atoms with E-state index in [9.17, 15) is 23.2 Å². The number of alkyl halides is 2. The zero-order chi connectivity index (χ0) is 20.9. The van der Waals surface area contributed by atoms with Crippen molar-refractivity contribution in [3.63, 3.8) is 0 Å². The van der Waals surface area contributed by atoms with E-state index in [0.717, 1.165) is 13.1 Å². The lowest BCUT2D eigenvalue weighted by atomic mass is 9.97. The van der Waals surface area contributed by atoms with Crippen LogP contribution in [0, 0.1) is 5.92 Å². The predicted octanol–water partition coefficient (Wildman–Crippen LogP) is 1.96. The quantitative estimate of drug-likeness (QED) is 0.759. The summed E-state index contributed by atoms with van der Waals surface area (Å²) in [4.78, 5) is 37.7. The van der Waals surface area contributed by atoms with Crippen molar-refractivity contribution in [2.45, 2.75) is 25.7 Å². The standard InChI is InChI=1S/C19H24F2N2O5/c1-3-28-15-7-5-4-6-14(15)19(20,21)18(27)22(2)12-16(24)23-10-8-13(9-11-23)17(25)26/h4-7,13H,3,8-12H2,1-2H3,(H,25,26). The molecule has 1 aliphatic heterocycles. The van der Waals surface area contributed by atoms with Crippen LogP contribution in [0.15, 0.2) is 24.3 Å². The Balaban J connectivity index is 2.03. The van der Waals surface area contributed by atoms with Crippen LogP contribution in [0.5, 0.6) is 5.75 Å². The largest absolute Gasteiger partial charge is 0.493 e. The number of likely N-dealkylation sites (N-methyl/N-ethyl adjacent to an activating group) is 1. The summed E-state index contributed by atoms with van der Waals surface area (Å²) >= 11 is 0. The van der Waals surface area contributed by atoms with E-state index in [0.29, 0.717) is 17.7 Å². The maximum atomic E-state index is 14.8. The molecule has 0 radical (unpaired) electrons. The van der Waals surface area contributed by atoms with Crippen LogP contribution >= 0.6 is 0 Å². The van der Waals surface area contributed by atoms with Gasteiger partial charge in [-0.1, -0.05) is 12.1 Å². The number of para-hydroxylation sites is 1. The van der Waals surface area contributed by atoms with E-state index in [1.54, 1.807) is 6.92 Å². The molecule has 1 saturated heterocycles. The van der Waals surface area contributed by atoms with Crippen molar-refractivity contribution in [3.8, 4) is 5.75 Å². The Labute approximate surface area is 161 Å². The number of benzene rings is 1. The number of aliphatic carboxylic acids is 1. The van der Waals surface area contributed by atoms with Gasteiger partial charge < -0.3 is 19.6 Å². The molecule has 0 atom stereocenters. The second kappa shape index (κ2) is 8.99. The molecule has 0 aromatic heterocycles. The third-order valence-corrected chi connectivity index (χ3v) is 4.71. The molecule has 0 aliphatic carbocycles. The molecule has 154 valence electrons. The van der Waals surface area contributed by atoms with E-state index in [2.05, 4.69) is 0 Å². The summed E-state index contributed by atoms with van der Waals surface area (Å²) in [5, 5.41) is 8.99. The fourth-order valence-electron chi connectivity index (χ4n) is 3.11. The summed E-state index contributed by atoms with van der Waals surface area (Å²) < 4.78 is 34.7. The van der Waals surface area contributed by atoms with Gasteiger partial charge in [0.15, 0.2) is 0 Å². The van der Waals surface area contributed by atoms with Gasteiger partial charge in [0.2, 0.25) is 5.91 Å². The summed E-state index contributed by atoms with van der Waals surface area (Å²) in [5.74, 6) is -7.35. The second-order valence-corrected chi connectivity index (χ2v) is 6.66. The first-order valence-corrected chi connectivity index (χ1v) is 9.04. The van der Waals surface area contributed by atoms with Gasteiger partial charge in [-0.15, -0.1) is 0 Å². The van der Waals surface area contributed by atoms with Crippen LogP contribution in [0.4, 0.5) is 8.78 Å². The smallest absolute Gasteiger partial charge is 0.353 e. The van der Waals surface area contributed by atoms with E-state index >= 15 is 0 Å². The molecule has 28 heavy (non-hydrogen) atoms. The summed E-state index contributed by atoms with van der Waals surface area (Å²) in [6.07, 6.45) is 0.604. The number of halogens is 2. The molecule has 0 unspecified atom stereocenters. The average Bonchev–Trinajstić information content (AvgIpc) is 2.67. The van der Waals surface area contributed by atoms with Crippen molar-refractivity contribution < 1.29 is 33.0 Å². The maximum absolute atomic E-state index is 14.8. The van der Waals surface area contributed by atoms with Crippen LogP contribution in [-0.4, -0.2) is 66.0 Å². The lowest BCUT2D eigenvalue weighted by Gasteiger charge is -2.32. The molecule has 1 aromatic rings. The molecule has 1 aromatic carbocycles. The second-order valence-electron chi connectivity index (χ2n) is 6.66. The molecule has 1 aliphatic rings. The number of nitrogens with zero attached hydrogens (tertiary/aromatic N) is 2. The zero-order valence-electron chi connectivity index (χ0n) is 15.9. The zero-order valence-corrected chi connectivity index (χ0v) is 15.9. The number of hydrogen-bond acceptors (Lipinski definition) is 4. The Hall–Kier alpha value is -2.71. The van der Waals surface area contributed by atoms with Crippen molar-refractivity contribution in [3.05, 3.63) is 29.8 Å². The van der Waals surface area contributed by atoms with Crippen LogP contribution in [-0.2, 0) is 20.3 Å². The number of rotatable bonds is 7. The van der Waals surface area contributed by atoms with Crippen molar-refractivity contribution >= 4 is 17.8 Å². The molecule has 0 saturated carbocycles. The molecule has 0 bridgehead atoms. The number of hydrogen-bond donors (Lipinski definition) is 1. The molecule has 1 heterocycles. The Bertz CT molecular complexity index is 733. The summed E-state index contributed by atoms with van der Waals surface area (Å²) in [7, 11) is 1.14. The normalized spacial score (nSPS) is 15.2. The lowest BCUT2D eigenvalue weighted by molar-refractivity contribution is -0.160. The van der Waals surface area contributed by atoms with E-state index in [1.807, 2.05) is 0 Å². The van der Waals surface area contributed by atoms with Crippen LogP contribution in [0.2, 0.25) is 0 Å². The SMILES string of the molecule is CCOc1ccccc1C(F)(F)C(=O)N(C)CC(=O)N1CCC(C(=O)O)CC1. The number of amides is 2. The molecule has 1 fully saturated rings. The fraction of sp³-hybridized carbons (Fsp3) is 0.526. The highest BCUT2D eigenvalue weighted by atomic mass is 19.3. The fourth-order valence-corrected chi connectivity index (χ4v) is 3.11. The Kier molecular flexibility index (Phi) is 6.93. The first kappa shape index (κ1) is 21.6. The Morgan fingerprint density at radius 1 is 1.25 bits per heavy atom. The van der Waals surface area contributed by atoms with Gasteiger partial charge in [0.25, 0.3) is 5.91 Å². The Morgan fingerprint density at radius 2 is 1.86 bits per heavy atom. The predicted molar refractivity (Wildman–Crippen MR) is 96.1 cm³/mol. The van der Waals surface area contributed by atoms with Crippen LogP contribution in [0.25, 0.3) is 0 Å². The third-order valence-electron chi connectivity index (χ3n) is 4.71. The highest BCUT2D eigenvalue weighted by molar-refractivity contribution is 5.89. The van der Waals surface area contributed by atoms with Gasteiger partial charge in [0, 0.05) is 20.1 Å². The molecule has 1 N–H and O–H groups in total. The van der Waals surface area contributed by atoms with Crippen molar-refractivity contribution in [1.29, 1.82) is 0 Å². The topological polar surface area (TPSA) is 87.2 Å². The van der Waals surface area contributed by atoms with E-state index in [-0.39, 0.29) is 25.4 Å². The van der Waals surface area contributed by atoms with Crippen molar-refractivity contribution in [2.24, 2.45) is 5.92 Å². The van der Waals surface area contributed by atoms with Gasteiger partial charge in [0.05, 0.1) is 24.6 Å². The minimum absolute atomic E-state index is 0.0844. The maximum Gasteiger partial charge on any atom is 0.353 e. The van der Waals surface area contributed by atoms with Crippen molar-refractivity contribution in [2.75, 3.05) is 33.3 Å². The van der Waals surface area contributed by atoms with Gasteiger partial charge in [-0.3, -0.25) is 14.4 Å². The minimum Gasteiger partial charge on any atom is -0.493 e. The van der Waals surface area contributed by atoms with E-state index in [4.69, 9.17) is 9.84 Å². The number of likely N-dealkylation sites (tertiary alicyclic amines) is 1. The van der Waals surface area contributed by atoms with Crippen LogP contribution in [0.1, 0.15) is 25.3 Å².